The standard InChI is InChI=1S/C28H30F6N6O2/c1-17-7-11-21(12-8-17)37-39-23(25(41)27(29,30)31)19(3)35-15-5-6-16-36-20(4)24(26(42)28(32,33)34)40-38-22-13-9-18(2)10-14-22/h7-14,37-38H,5-6,15-16H2,1-4H3. The fourth-order valence-electron chi connectivity index (χ4n) is 3.22. The molecule has 2 rings (SSSR count). The number of aryl methyl sites for hydroxylation is 2. The average molecular weight is 597 g/mol. The number of hydrogen-bond acceptors (Lipinski definition) is 8. The number of rotatable bonds is 13. The Hall–Kier alpha value is -4.36. The number of anilines is 2. The molecule has 0 atom stereocenters. The lowest BCUT2D eigenvalue weighted by atomic mass is 10.1. The predicted octanol–water partition coefficient (Wildman–Crippen LogP) is 6.50. The highest BCUT2D eigenvalue weighted by Gasteiger charge is 2.43. The van der Waals surface area contributed by atoms with Crippen LogP contribution < -0.4 is 10.9 Å². The molecule has 0 amide bonds. The monoisotopic (exact) mass is 596 g/mol. The third kappa shape index (κ3) is 10.9. The SMILES string of the molecule is CC(=NCCCCN=C(C)C(=NNc1ccc(C)cc1)C(=O)C(F)(F)F)C(=NNc1ccc(C)cc1)C(=O)C(F)(F)F. The van der Waals surface area contributed by atoms with Crippen LogP contribution in [0.15, 0.2) is 68.7 Å². The lowest BCUT2D eigenvalue weighted by Gasteiger charge is -2.10. The molecule has 0 heterocycles. The molecule has 2 aromatic carbocycles. The maximum Gasteiger partial charge on any atom is 0.456 e. The van der Waals surface area contributed by atoms with Crippen LogP contribution in [-0.2, 0) is 9.59 Å². The van der Waals surface area contributed by atoms with Crippen molar-refractivity contribution in [3.05, 3.63) is 59.7 Å². The molecule has 0 unspecified atom stereocenters. The van der Waals surface area contributed by atoms with Gasteiger partial charge in [-0.1, -0.05) is 35.4 Å². The van der Waals surface area contributed by atoms with Crippen molar-refractivity contribution >= 4 is 45.8 Å². The van der Waals surface area contributed by atoms with Gasteiger partial charge in [0.05, 0.1) is 22.8 Å². The Morgan fingerprint density at radius 2 is 0.929 bits per heavy atom. The number of hydrogen-bond donors (Lipinski definition) is 2. The number of carbonyl (C=O) groups is 2. The minimum Gasteiger partial charge on any atom is -0.288 e. The zero-order chi connectivity index (χ0) is 31.5. The van der Waals surface area contributed by atoms with E-state index in [2.05, 4.69) is 31.0 Å². The number of ketones is 2. The van der Waals surface area contributed by atoms with E-state index in [1.807, 2.05) is 13.8 Å². The molecule has 0 radical (unpaired) electrons. The van der Waals surface area contributed by atoms with Gasteiger partial charge in [-0.25, -0.2) is 0 Å². The summed E-state index contributed by atoms with van der Waals surface area (Å²) in [6.45, 7) is 6.07. The minimum absolute atomic E-state index is 0.00744. The van der Waals surface area contributed by atoms with Gasteiger partial charge in [0.1, 0.15) is 0 Å². The van der Waals surface area contributed by atoms with Crippen molar-refractivity contribution < 1.29 is 35.9 Å². The smallest absolute Gasteiger partial charge is 0.288 e. The van der Waals surface area contributed by atoms with E-state index in [9.17, 15) is 35.9 Å². The van der Waals surface area contributed by atoms with Gasteiger partial charge in [0.25, 0.3) is 11.6 Å². The molecule has 2 aromatic rings. The summed E-state index contributed by atoms with van der Waals surface area (Å²) in [6, 6.07) is 13.2. The van der Waals surface area contributed by atoms with Gasteiger partial charge in [0, 0.05) is 13.1 Å². The summed E-state index contributed by atoms with van der Waals surface area (Å²) in [4.78, 5) is 31.9. The summed E-state index contributed by atoms with van der Waals surface area (Å²) in [5, 5.41) is 7.26. The van der Waals surface area contributed by atoms with Crippen LogP contribution in [-0.4, -0.2) is 59.9 Å². The van der Waals surface area contributed by atoms with Crippen LogP contribution in [0.4, 0.5) is 37.7 Å². The molecule has 0 aliphatic rings. The molecule has 0 bridgehead atoms. The fourth-order valence-corrected chi connectivity index (χ4v) is 3.22. The van der Waals surface area contributed by atoms with Crippen molar-refractivity contribution in [1.82, 2.24) is 0 Å². The molecule has 0 aliphatic heterocycles. The Bertz CT molecular complexity index is 1250. The van der Waals surface area contributed by atoms with E-state index in [0.29, 0.717) is 11.4 Å². The summed E-state index contributed by atoms with van der Waals surface area (Å²) < 4.78 is 78.8. The molecule has 0 fully saturated rings. The highest BCUT2D eigenvalue weighted by molar-refractivity contribution is 6.68. The number of carbonyl (C=O) groups excluding carboxylic acids is 2. The molecule has 14 heteroatoms. The van der Waals surface area contributed by atoms with Crippen LogP contribution >= 0.6 is 0 Å². The van der Waals surface area contributed by atoms with Gasteiger partial charge < -0.3 is 0 Å². The van der Waals surface area contributed by atoms with E-state index < -0.39 is 35.3 Å². The molecule has 0 saturated heterocycles. The van der Waals surface area contributed by atoms with Crippen LogP contribution in [0.2, 0.25) is 0 Å². The van der Waals surface area contributed by atoms with Crippen LogP contribution in [0.3, 0.4) is 0 Å². The highest BCUT2D eigenvalue weighted by Crippen LogP contribution is 2.19. The van der Waals surface area contributed by atoms with Crippen molar-refractivity contribution in [2.24, 2.45) is 20.2 Å². The van der Waals surface area contributed by atoms with Gasteiger partial charge in [-0.05, 0) is 64.8 Å². The summed E-state index contributed by atoms with van der Waals surface area (Å²) in [7, 11) is 0. The Morgan fingerprint density at radius 1 is 0.619 bits per heavy atom. The third-order valence-electron chi connectivity index (χ3n) is 5.59. The van der Waals surface area contributed by atoms with Crippen LogP contribution in [0.5, 0.6) is 0 Å². The quantitative estimate of drug-likeness (QED) is 0.119. The van der Waals surface area contributed by atoms with Crippen LogP contribution in [0.25, 0.3) is 0 Å². The van der Waals surface area contributed by atoms with E-state index in [0.717, 1.165) is 11.1 Å². The zero-order valence-corrected chi connectivity index (χ0v) is 23.3. The van der Waals surface area contributed by atoms with Crippen molar-refractivity contribution in [3.63, 3.8) is 0 Å². The largest absolute Gasteiger partial charge is 0.456 e. The number of hydrazone groups is 2. The van der Waals surface area contributed by atoms with Crippen molar-refractivity contribution in [2.45, 2.75) is 52.9 Å². The van der Waals surface area contributed by atoms with Gasteiger partial charge in [-0.2, -0.15) is 36.5 Å². The minimum atomic E-state index is -5.17. The van der Waals surface area contributed by atoms with Crippen molar-refractivity contribution in [1.29, 1.82) is 0 Å². The normalized spacial score (nSPS) is 13.7. The van der Waals surface area contributed by atoms with E-state index >= 15 is 0 Å². The highest BCUT2D eigenvalue weighted by atomic mass is 19.4. The fraction of sp³-hybridized carbons (Fsp3) is 0.357. The Labute approximate surface area is 238 Å². The topological polar surface area (TPSA) is 108 Å². The van der Waals surface area contributed by atoms with E-state index in [1.54, 1.807) is 48.5 Å². The Balaban J connectivity index is 2.06. The van der Waals surface area contributed by atoms with E-state index in [1.165, 1.54) is 13.8 Å². The number of nitrogens with one attached hydrogen (secondary N) is 2. The van der Waals surface area contributed by atoms with E-state index in [-0.39, 0.29) is 37.4 Å². The molecule has 226 valence electrons. The molecule has 8 nitrogen and oxygen atoms in total. The first-order valence-corrected chi connectivity index (χ1v) is 12.7. The lowest BCUT2D eigenvalue weighted by molar-refractivity contribution is -0.162. The second kappa shape index (κ2) is 15.0. The number of aliphatic imine (C=N–C) groups is 2. The number of Topliss-reactive ketones (excluding diaryl/α,β-unsaturated/α-hetero) is 2. The number of halogens is 6. The summed E-state index contributed by atoms with van der Waals surface area (Å²) >= 11 is 0. The van der Waals surface area contributed by atoms with Crippen molar-refractivity contribution in [2.75, 3.05) is 23.9 Å². The number of benzene rings is 2. The molecule has 0 aliphatic carbocycles. The summed E-state index contributed by atoms with van der Waals surface area (Å²) in [5.41, 5.74) is 5.14. The number of alkyl halides is 6. The Morgan fingerprint density at radius 3 is 1.21 bits per heavy atom. The molecular weight excluding hydrogens is 566 g/mol. The summed E-state index contributed by atoms with van der Waals surface area (Å²) in [5.74, 6) is -4.33. The predicted molar refractivity (Wildman–Crippen MR) is 152 cm³/mol. The van der Waals surface area contributed by atoms with Crippen molar-refractivity contribution in [3.8, 4) is 0 Å². The molecule has 0 aromatic heterocycles. The zero-order valence-electron chi connectivity index (χ0n) is 23.3. The maximum atomic E-state index is 13.1. The first kappa shape index (κ1) is 33.8. The number of unbranched alkanes of at least 4 members (excludes halogenated alkanes) is 1. The third-order valence-corrected chi connectivity index (χ3v) is 5.59. The second-order valence-corrected chi connectivity index (χ2v) is 9.17. The average Bonchev–Trinajstić information content (AvgIpc) is 2.91. The van der Waals surface area contributed by atoms with E-state index in [4.69, 9.17) is 0 Å². The van der Waals surface area contributed by atoms with Gasteiger partial charge in [0.15, 0.2) is 11.4 Å². The van der Waals surface area contributed by atoms with Gasteiger partial charge in [-0.15, -0.1) is 0 Å². The molecule has 0 spiro atoms. The number of nitrogens with zero attached hydrogens (tertiary/aromatic N) is 4. The molecule has 2 N–H and O–H groups in total. The lowest BCUT2D eigenvalue weighted by Crippen LogP contribution is -2.35. The maximum absolute atomic E-state index is 13.1. The molecular formula is C28H30F6N6O2. The first-order chi connectivity index (χ1) is 19.6. The molecule has 42 heavy (non-hydrogen) atoms. The van der Waals surface area contributed by atoms with Gasteiger partial charge in [0.2, 0.25) is 0 Å². The Kier molecular flexibility index (Phi) is 12.1. The van der Waals surface area contributed by atoms with Gasteiger partial charge in [-0.3, -0.25) is 30.4 Å². The van der Waals surface area contributed by atoms with Gasteiger partial charge >= 0.3 is 12.4 Å². The van der Waals surface area contributed by atoms with Crippen LogP contribution in [0.1, 0.15) is 37.8 Å². The molecule has 0 saturated carbocycles. The first-order valence-electron chi connectivity index (χ1n) is 12.7. The van der Waals surface area contributed by atoms with Crippen LogP contribution in [0, 0.1) is 13.8 Å². The second-order valence-electron chi connectivity index (χ2n) is 9.17. The summed E-state index contributed by atoms with van der Waals surface area (Å²) in [6.07, 6.45) is -9.79.